The van der Waals surface area contributed by atoms with Gasteiger partial charge in [-0.15, -0.1) is 10.2 Å². The molecule has 0 saturated heterocycles. The molecule has 2 aliphatic rings. The molecule has 0 bridgehead atoms. The maximum Gasteiger partial charge on any atom is 0.175 e. The Morgan fingerprint density at radius 2 is 1.16 bits per heavy atom. The van der Waals surface area contributed by atoms with E-state index in [1.807, 2.05) is 12.1 Å². The number of ketones is 2. The molecular formula is C24H22N2O2S3. The van der Waals surface area contributed by atoms with E-state index in [-0.39, 0.29) is 11.6 Å². The molecule has 0 N–H and O–H groups in total. The zero-order valence-corrected chi connectivity index (χ0v) is 19.5. The summed E-state index contributed by atoms with van der Waals surface area (Å²) >= 11 is 4.28. The van der Waals surface area contributed by atoms with E-state index in [0.29, 0.717) is 11.5 Å². The van der Waals surface area contributed by atoms with E-state index in [1.54, 1.807) is 0 Å². The Hall–Kier alpha value is -1.96. The van der Waals surface area contributed by atoms with Crippen LogP contribution in [0.3, 0.4) is 0 Å². The molecule has 2 aliphatic carbocycles. The molecule has 0 aliphatic heterocycles. The van der Waals surface area contributed by atoms with Crippen LogP contribution in [0.25, 0.3) is 0 Å². The molecule has 2 aromatic carbocycles. The lowest BCUT2D eigenvalue weighted by molar-refractivity contribution is 0.101. The van der Waals surface area contributed by atoms with Gasteiger partial charge in [0.25, 0.3) is 0 Å². The van der Waals surface area contributed by atoms with Crippen LogP contribution < -0.4 is 0 Å². The van der Waals surface area contributed by atoms with E-state index in [9.17, 15) is 9.59 Å². The first-order chi connectivity index (χ1) is 15.2. The smallest absolute Gasteiger partial charge is 0.175 e. The molecule has 158 valence electrons. The fraction of sp³-hybridized carbons (Fsp3) is 0.333. The molecule has 0 unspecified atom stereocenters. The van der Waals surface area contributed by atoms with Crippen molar-refractivity contribution >= 4 is 46.4 Å². The number of thioether (sulfide) groups is 2. The molecule has 0 atom stereocenters. The number of aryl methyl sites for hydroxylation is 4. The fourth-order valence-corrected chi connectivity index (χ4v) is 7.03. The lowest BCUT2D eigenvalue weighted by Crippen LogP contribution is -2.03. The molecule has 5 rings (SSSR count). The second-order valence-corrected chi connectivity index (χ2v) is 11.4. The molecule has 31 heavy (non-hydrogen) atoms. The lowest BCUT2D eigenvalue weighted by atomic mass is 10.0. The van der Waals surface area contributed by atoms with Crippen LogP contribution in [0.1, 0.15) is 55.8 Å². The minimum Gasteiger partial charge on any atom is -0.293 e. The molecule has 0 saturated carbocycles. The molecule has 7 heteroatoms. The summed E-state index contributed by atoms with van der Waals surface area (Å²) in [5, 5.41) is 8.37. The van der Waals surface area contributed by atoms with Crippen molar-refractivity contribution in [3.8, 4) is 0 Å². The number of carbonyl (C=O) groups excluding carboxylic acids is 2. The zero-order chi connectivity index (χ0) is 21.2. The van der Waals surface area contributed by atoms with Crippen molar-refractivity contribution in [1.29, 1.82) is 0 Å². The van der Waals surface area contributed by atoms with E-state index in [4.69, 9.17) is 0 Å². The normalized spacial score (nSPS) is 14.5. The van der Waals surface area contributed by atoms with Crippen molar-refractivity contribution in [2.24, 2.45) is 0 Å². The number of rotatable bonds is 8. The van der Waals surface area contributed by atoms with Gasteiger partial charge in [-0.3, -0.25) is 9.59 Å². The van der Waals surface area contributed by atoms with Gasteiger partial charge in [0.2, 0.25) is 0 Å². The Morgan fingerprint density at radius 1 is 0.710 bits per heavy atom. The van der Waals surface area contributed by atoms with Gasteiger partial charge >= 0.3 is 0 Å². The van der Waals surface area contributed by atoms with Crippen LogP contribution in [0.15, 0.2) is 45.1 Å². The van der Waals surface area contributed by atoms with Crippen molar-refractivity contribution in [2.45, 2.75) is 47.2 Å². The van der Waals surface area contributed by atoms with Crippen LogP contribution in [0.5, 0.6) is 0 Å². The van der Waals surface area contributed by atoms with Crippen LogP contribution in [0.2, 0.25) is 0 Å². The van der Waals surface area contributed by atoms with E-state index in [0.717, 1.165) is 45.5 Å². The number of carbonyl (C=O) groups is 2. The summed E-state index contributed by atoms with van der Waals surface area (Å²) in [6.45, 7) is 0. The number of benzene rings is 2. The first-order valence-electron chi connectivity index (χ1n) is 10.5. The Morgan fingerprint density at radius 3 is 1.65 bits per heavy atom. The predicted molar refractivity (Wildman–Crippen MR) is 127 cm³/mol. The number of Topliss-reactive ketones (excluding diaryl/α,β-unsaturated/α-hetero) is 2. The van der Waals surface area contributed by atoms with Crippen molar-refractivity contribution in [1.82, 2.24) is 10.2 Å². The molecule has 0 fully saturated rings. The largest absolute Gasteiger partial charge is 0.293 e. The summed E-state index contributed by atoms with van der Waals surface area (Å²) in [6, 6.07) is 12.2. The number of fused-ring (bicyclic) bond motifs is 2. The monoisotopic (exact) mass is 466 g/mol. The highest BCUT2D eigenvalue weighted by molar-refractivity contribution is 8.03. The highest BCUT2D eigenvalue weighted by atomic mass is 32.2. The maximum atomic E-state index is 12.6. The Labute approximate surface area is 194 Å². The maximum absolute atomic E-state index is 12.6. The molecule has 1 heterocycles. The first-order valence-corrected chi connectivity index (χ1v) is 13.3. The van der Waals surface area contributed by atoms with Gasteiger partial charge in [0.05, 0.1) is 11.5 Å². The summed E-state index contributed by atoms with van der Waals surface area (Å²) in [6.07, 6.45) is 6.76. The van der Waals surface area contributed by atoms with Crippen LogP contribution in [-0.4, -0.2) is 33.3 Å². The number of nitrogens with zero attached hydrogens (tertiary/aromatic N) is 2. The summed E-state index contributed by atoms with van der Waals surface area (Å²) in [5.41, 5.74) is 6.96. The molecular weight excluding hydrogens is 444 g/mol. The van der Waals surface area contributed by atoms with Gasteiger partial charge in [-0.25, -0.2) is 0 Å². The van der Waals surface area contributed by atoms with Crippen LogP contribution in [0.4, 0.5) is 0 Å². The highest BCUT2D eigenvalue weighted by Crippen LogP contribution is 2.31. The number of hydrogen-bond acceptors (Lipinski definition) is 7. The topological polar surface area (TPSA) is 59.9 Å². The van der Waals surface area contributed by atoms with E-state index < -0.39 is 0 Å². The van der Waals surface area contributed by atoms with Crippen LogP contribution >= 0.6 is 34.9 Å². The van der Waals surface area contributed by atoms with Gasteiger partial charge in [0.1, 0.15) is 0 Å². The van der Waals surface area contributed by atoms with E-state index in [1.165, 1.54) is 70.0 Å². The average molecular weight is 467 g/mol. The van der Waals surface area contributed by atoms with Gasteiger partial charge in [-0.1, -0.05) is 59.1 Å². The van der Waals surface area contributed by atoms with Crippen molar-refractivity contribution in [3.05, 3.63) is 69.8 Å². The van der Waals surface area contributed by atoms with Crippen molar-refractivity contribution in [2.75, 3.05) is 11.5 Å². The third-order valence-corrected chi connectivity index (χ3v) is 9.07. The second kappa shape index (κ2) is 9.27. The van der Waals surface area contributed by atoms with Gasteiger partial charge in [0.15, 0.2) is 20.2 Å². The second-order valence-electron chi connectivity index (χ2n) is 7.93. The van der Waals surface area contributed by atoms with Gasteiger partial charge in [-0.05, 0) is 72.9 Å². The van der Waals surface area contributed by atoms with Gasteiger partial charge in [0, 0.05) is 11.1 Å². The Bertz CT molecular complexity index is 1070. The average Bonchev–Trinajstić information content (AvgIpc) is 3.55. The van der Waals surface area contributed by atoms with E-state index in [2.05, 4.69) is 34.5 Å². The third-order valence-electron chi connectivity index (χ3n) is 5.88. The highest BCUT2D eigenvalue weighted by Gasteiger charge is 2.17. The molecule has 4 nitrogen and oxygen atoms in total. The summed E-state index contributed by atoms with van der Waals surface area (Å²) in [7, 11) is 0. The van der Waals surface area contributed by atoms with Crippen LogP contribution in [0, 0.1) is 0 Å². The number of aromatic nitrogens is 2. The summed E-state index contributed by atoms with van der Waals surface area (Å²) in [5.74, 6) is 0.949. The standard InChI is InChI=1S/C24H22N2O2S3/c27-21(19-9-7-15-3-1-5-17(15)11-19)13-29-23-25-26-24(31-23)30-14-22(28)20-10-8-16-4-2-6-18(16)12-20/h7-12H,1-6,13-14H2. The van der Waals surface area contributed by atoms with Gasteiger partial charge < -0.3 is 0 Å². The minimum atomic E-state index is 0.121. The first kappa shape index (κ1) is 20.9. The zero-order valence-electron chi connectivity index (χ0n) is 17.1. The summed E-state index contributed by atoms with van der Waals surface area (Å²) in [4.78, 5) is 25.1. The lowest BCUT2D eigenvalue weighted by Gasteiger charge is -2.03. The summed E-state index contributed by atoms with van der Waals surface area (Å²) < 4.78 is 1.53. The number of hydrogen-bond donors (Lipinski definition) is 0. The molecule has 1 aromatic heterocycles. The minimum absolute atomic E-state index is 0.121. The van der Waals surface area contributed by atoms with Crippen molar-refractivity contribution < 1.29 is 9.59 Å². The predicted octanol–water partition coefficient (Wildman–Crippen LogP) is 5.47. The van der Waals surface area contributed by atoms with Crippen LogP contribution in [-0.2, 0) is 25.7 Å². The van der Waals surface area contributed by atoms with E-state index >= 15 is 0 Å². The molecule has 3 aromatic rings. The molecule has 0 radical (unpaired) electrons. The van der Waals surface area contributed by atoms with Gasteiger partial charge in [-0.2, -0.15) is 0 Å². The van der Waals surface area contributed by atoms with Crippen molar-refractivity contribution in [3.63, 3.8) is 0 Å². The quantitative estimate of drug-likeness (QED) is 0.324. The SMILES string of the molecule is O=C(CSc1nnc(SCC(=O)c2ccc3c(c2)CCC3)s1)c1ccc2c(c1)CCC2. The molecule has 0 spiro atoms. The third kappa shape index (κ3) is 4.78. The Balaban J connectivity index is 1.13. The fourth-order valence-electron chi connectivity index (χ4n) is 4.23. The Kier molecular flexibility index (Phi) is 6.25. The molecule has 0 amide bonds.